The van der Waals surface area contributed by atoms with Crippen LogP contribution in [0.25, 0.3) is 23.4 Å². The molecule has 33 heavy (non-hydrogen) atoms. The quantitative estimate of drug-likeness (QED) is 0.278. The maximum atomic E-state index is 5.17. The molecule has 4 aromatic carbocycles. The van der Waals surface area contributed by atoms with E-state index in [1.165, 1.54) is 22.3 Å². The van der Waals surface area contributed by atoms with Crippen LogP contribution < -0.4 is 10.4 Å². The SMILES string of the molecule is C=c1cccc/c1=C(/N=C(C)c1ccc2c(c1)C(C)(C)c1cc(Br)ccc1-2)c1ccccc1. The van der Waals surface area contributed by atoms with Gasteiger partial charge in [0.1, 0.15) is 0 Å². The summed E-state index contributed by atoms with van der Waals surface area (Å²) in [7, 11) is 0. The number of halogens is 1. The lowest BCUT2D eigenvalue weighted by molar-refractivity contribution is 0.660. The molecule has 4 aromatic rings. The van der Waals surface area contributed by atoms with E-state index in [0.29, 0.717) is 0 Å². The van der Waals surface area contributed by atoms with Crippen molar-refractivity contribution in [1.82, 2.24) is 0 Å². The highest BCUT2D eigenvalue weighted by Gasteiger charge is 2.35. The van der Waals surface area contributed by atoms with E-state index in [-0.39, 0.29) is 5.41 Å². The first-order valence-corrected chi connectivity index (χ1v) is 12.0. The smallest absolute Gasteiger partial charge is 0.0783 e. The van der Waals surface area contributed by atoms with Gasteiger partial charge in [-0.2, -0.15) is 0 Å². The van der Waals surface area contributed by atoms with Gasteiger partial charge in [-0.1, -0.05) is 109 Å². The molecule has 0 heterocycles. The highest BCUT2D eigenvalue weighted by Crippen LogP contribution is 2.49. The van der Waals surface area contributed by atoms with Gasteiger partial charge in [0.05, 0.1) is 5.70 Å². The standard InChI is InChI=1S/C31H26BrN/c1-20-10-8-9-13-25(20)30(22-11-6-5-7-12-22)33-21(2)23-14-16-26-27-17-15-24(32)19-29(27)31(3,4)28(26)18-23/h5-19H,1H2,2-4H3/b30-25-,33-21?. The molecular formula is C31H26BrN. The third-order valence-electron chi connectivity index (χ3n) is 6.66. The third kappa shape index (κ3) is 3.79. The molecule has 0 radical (unpaired) electrons. The second-order valence-corrected chi connectivity index (χ2v) is 10.1. The Morgan fingerprint density at radius 1 is 0.758 bits per heavy atom. The van der Waals surface area contributed by atoms with E-state index in [9.17, 15) is 0 Å². The van der Waals surface area contributed by atoms with Crippen molar-refractivity contribution in [2.75, 3.05) is 0 Å². The second kappa shape index (κ2) is 8.28. The van der Waals surface area contributed by atoms with E-state index in [2.05, 4.69) is 110 Å². The summed E-state index contributed by atoms with van der Waals surface area (Å²) < 4.78 is 1.12. The van der Waals surface area contributed by atoms with Crippen molar-refractivity contribution in [3.63, 3.8) is 0 Å². The maximum absolute atomic E-state index is 5.17. The molecule has 5 rings (SSSR count). The lowest BCUT2D eigenvalue weighted by Crippen LogP contribution is -2.25. The Bertz CT molecular complexity index is 1510. The van der Waals surface area contributed by atoms with Crippen molar-refractivity contribution in [2.24, 2.45) is 4.99 Å². The number of hydrogen-bond acceptors (Lipinski definition) is 1. The predicted octanol–water partition coefficient (Wildman–Crippen LogP) is 6.83. The van der Waals surface area contributed by atoms with Crippen LogP contribution in [-0.2, 0) is 5.41 Å². The summed E-state index contributed by atoms with van der Waals surface area (Å²) in [6, 6.07) is 31.9. The highest BCUT2D eigenvalue weighted by atomic mass is 79.9. The summed E-state index contributed by atoms with van der Waals surface area (Å²) in [6.07, 6.45) is 0. The lowest BCUT2D eigenvalue weighted by Gasteiger charge is -2.22. The van der Waals surface area contributed by atoms with Crippen molar-refractivity contribution in [1.29, 1.82) is 0 Å². The van der Waals surface area contributed by atoms with Crippen LogP contribution in [0.5, 0.6) is 0 Å². The zero-order valence-electron chi connectivity index (χ0n) is 19.2. The summed E-state index contributed by atoms with van der Waals surface area (Å²) in [6.45, 7) is 11.0. The fourth-order valence-electron chi connectivity index (χ4n) is 4.79. The van der Waals surface area contributed by atoms with E-state index in [0.717, 1.165) is 37.4 Å². The van der Waals surface area contributed by atoms with Gasteiger partial charge in [0.2, 0.25) is 0 Å². The fourth-order valence-corrected chi connectivity index (χ4v) is 5.16. The molecule has 0 saturated heterocycles. The monoisotopic (exact) mass is 491 g/mol. The topological polar surface area (TPSA) is 12.4 Å². The molecule has 0 N–H and O–H groups in total. The van der Waals surface area contributed by atoms with Crippen LogP contribution in [0.1, 0.15) is 43.0 Å². The fraction of sp³-hybridized carbons (Fsp3) is 0.129. The molecule has 0 spiro atoms. The molecule has 0 atom stereocenters. The van der Waals surface area contributed by atoms with Gasteiger partial charge < -0.3 is 0 Å². The summed E-state index contributed by atoms with van der Waals surface area (Å²) >= 11 is 3.65. The molecular weight excluding hydrogens is 466 g/mol. The van der Waals surface area contributed by atoms with Crippen LogP contribution in [0.2, 0.25) is 0 Å². The maximum Gasteiger partial charge on any atom is 0.0783 e. The van der Waals surface area contributed by atoms with Crippen molar-refractivity contribution in [3.8, 4) is 11.1 Å². The van der Waals surface area contributed by atoms with Crippen LogP contribution in [0.15, 0.2) is 100 Å². The Morgan fingerprint density at radius 2 is 1.39 bits per heavy atom. The molecule has 0 fully saturated rings. The number of aliphatic imine (C=N–C) groups is 1. The summed E-state index contributed by atoms with van der Waals surface area (Å²) in [4.78, 5) is 5.17. The average Bonchev–Trinajstić information content (AvgIpc) is 3.04. The lowest BCUT2D eigenvalue weighted by atomic mass is 9.82. The number of fused-ring (bicyclic) bond motifs is 3. The minimum atomic E-state index is -0.0589. The minimum absolute atomic E-state index is 0.0589. The van der Waals surface area contributed by atoms with Crippen LogP contribution in [-0.4, -0.2) is 5.71 Å². The Kier molecular flexibility index (Phi) is 5.42. The number of nitrogens with zero attached hydrogens (tertiary/aromatic N) is 1. The van der Waals surface area contributed by atoms with Gasteiger partial charge in [0.25, 0.3) is 0 Å². The Morgan fingerprint density at radius 3 is 2.12 bits per heavy atom. The van der Waals surface area contributed by atoms with Gasteiger partial charge in [0.15, 0.2) is 0 Å². The number of hydrogen-bond donors (Lipinski definition) is 0. The van der Waals surface area contributed by atoms with Gasteiger partial charge >= 0.3 is 0 Å². The van der Waals surface area contributed by atoms with E-state index in [1.807, 2.05) is 24.3 Å². The molecule has 1 nitrogen and oxygen atoms in total. The molecule has 0 aromatic heterocycles. The molecule has 162 valence electrons. The van der Waals surface area contributed by atoms with Crippen LogP contribution in [0, 0.1) is 0 Å². The van der Waals surface area contributed by atoms with Gasteiger partial charge in [-0.05, 0) is 58.2 Å². The molecule has 0 bridgehead atoms. The molecule has 2 heteroatoms. The van der Waals surface area contributed by atoms with E-state index < -0.39 is 0 Å². The summed E-state index contributed by atoms with van der Waals surface area (Å²) in [5.41, 5.74) is 9.46. The van der Waals surface area contributed by atoms with Gasteiger partial charge in [-0.3, -0.25) is 4.99 Å². The van der Waals surface area contributed by atoms with E-state index in [4.69, 9.17) is 4.99 Å². The van der Waals surface area contributed by atoms with Crippen LogP contribution in [0.4, 0.5) is 0 Å². The first-order chi connectivity index (χ1) is 15.9. The molecule has 0 saturated carbocycles. The van der Waals surface area contributed by atoms with Crippen molar-refractivity contribution in [2.45, 2.75) is 26.2 Å². The first-order valence-electron chi connectivity index (χ1n) is 11.2. The second-order valence-electron chi connectivity index (χ2n) is 9.14. The Labute approximate surface area is 204 Å². The van der Waals surface area contributed by atoms with Crippen LogP contribution in [0.3, 0.4) is 0 Å². The molecule has 0 aliphatic heterocycles. The van der Waals surface area contributed by atoms with Crippen molar-refractivity contribution in [3.05, 3.63) is 128 Å². The molecule has 1 aliphatic rings. The zero-order valence-corrected chi connectivity index (χ0v) is 20.8. The molecule has 0 amide bonds. The first kappa shape index (κ1) is 21.6. The Hall–Kier alpha value is -3.23. The molecule has 0 unspecified atom stereocenters. The van der Waals surface area contributed by atoms with E-state index >= 15 is 0 Å². The van der Waals surface area contributed by atoms with Crippen molar-refractivity contribution < 1.29 is 0 Å². The van der Waals surface area contributed by atoms with Crippen molar-refractivity contribution >= 4 is 33.9 Å². The predicted molar refractivity (Wildman–Crippen MR) is 144 cm³/mol. The normalized spacial score (nSPS) is 15.1. The Balaban J connectivity index is 1.67. The largest absolute Gasteiger partial charge is 0.252 e. The highest BCUT2D eigenvalue weighted by molar-refractivity contribution is 9.10. The van der Waals surface area contributed by atoms with Crippen LogP contribution >= 0.6 is 15.9 Å². The zero-order chi connectivity index (χ0) is 23.2. The average molecular weight is 492 g/mol. The summed E-state index contributed by atoms with van der Waals surface area (Å²) in [5.74, 6) is 0. The molecule has 1 aliphatic carbocycles. The minimum Gasteiger partial charge on any atom is -0.252 e. The van der Waals surface area contributed by atoms with Gasteiger partial charge in [-0.25, -0.2) is 0 Å². The van der Waals surface area contributed by atoms with E-state index in [1.54, 1.807) is 0 Å². The summed E-state index contributed by atoms with van der Waals surface area (Å²) in [5, 5.41) is 2.03. The van der Waals surface area contributed by atoms with Gasteiger partial charge in [-0.15, -0.1) is 0 Å². The van der Waals surface area contributed by atoms with Gasteiger partial charge in [0, 0.05) is 26.4 Å². The number of rotatable bonds is 3. The third-order valence-corrected chi connectivity index (χ3v) is 7.15. The number of benzene rings is 4.